The zero-order chi connectivity index (χ0) is 18.5. The first-order valence-electron chi connectivity index (χ1n) is 8.57. The van der Waals surface area contributed by atoms with Crippen LogP contribution in [0, 0.1) is 11.6 Å². The van der Waals surface area contributed by atoms with Gasteiger partial charge in [-0.25, -0.2) is 8.78 Å². The number of aromatic nitrogens is 1. The van der Waals surface area contributed by atoms with Crippen LogP contribution in [-0.2, 0) is 0 Å². The van der Waals surface area contributed by atoms with Gasteiger partial charge in [0.1, 0.15) is 23.0 Å². The first-order chi connectivity index (χ1) is 12.5. The molecule has 2 aromatic rings. The van der Waals surface area contributed by atoms with Crippen LogP contribution in [0.1, 0.15) is 53.0 Å². The van der Waals surface area contributed by atoms with Crippen LogP contribution in [0.2, 0.25) is 0 Å². The number of amides is 2. The maximum Gasteiger partial charge on any atom is 0.270 e. The molecule has 1 aliphatic rings. The summed E-state index contributed by atoms with van der Waals surface area (Å²) in [5.41, 5.74) is -0.337. The van der Waals surface area contributed by atoms with Gasteiger partial charge >= 0.3 is 0 Å². The van der Waals surface area contributed by atoms with E-state index in [-0.39, 0.29) is 23.2 Å². The maximum absolute atomic E-state index is 13.7. The lowest BCUT2D eigenvalue weighted by Gasteiger charge is -2.22. The lowest BCUT2D eigenvalue weighted by molar-refractivity contribution is 0.0922. The highest BCUT2D eigenvalue weighted by atomic mass is 19.1. The molecule has 5 nitrogen and oxygen atoms in total. The van der Waals surface area contributed by atoms with Crippen LogP contribution in [0.15, 0.2) is 36.5 Å². The zero-order valence-corrected chi connectivity index (χ0v) is 14.1. The predicted octanol–water partition coefficient (Wildman–Crippen LogP) is 3.67. The molecule has 0 spiro atoms. The van der Waals surface area contributed by atoms with E-state index in [0.717, 1.165) is 37.8 Å². The molecule has 1 saturated carbocycles. The highest BCUT2D eigenvalue weighted by Crippen LogP contribution is 2.20. The van der Waals surface area contributed by atoms with Gasteiger partial charge in [-0.1, -0.05) is 25.3 Å². The van der Waals surface area contributed by atoms with Crippen molar-refractivity contribution in [3.63, 3.8) is 0 Å². The van der Waals surface area contributed by atoms with Crippen molar-refractivity contribution < 1.29 is 18.4 Å². The summed E-state index contributed by atoms with van der Waals surface area (Å²) in [6.07, 6.45) is 6.51. The summed E-state index contributed by atoms with van der Waals surface area (Å²) in [6, 6.07) is 6.11. The summed E-state index contributed by atoms with van der Waals surface area (Å²) in [4.78, 5) is 28.6. The second kappa shape index (κ2) is 8.03. The lowest BCUT2D eigenvalue weighted by Crippen LogP contribution is -2.36. The number of para-hydroxylation sites is 1. The second-order valence-corrected chi connectivity index (χ2v) is 6.29. The Hall–Kier alpha value is -2.83. The van der Waals surface area contributed by atoms with Gasteiger partial charge in [0, 0.05) is 17.8 Å². The van der Waals surface area contributed by atoms with E-state index in [1.165, 1.54) is 30.8 Å². The van der Waals surface area contributed by atoms with Crippen molar-refractivity contribution in [3.8, 4) is 0 Å². The van der Waals surface area contributed by atoms with Crippen molar-refractivity contribution >= 4 is 17.5 Å². The number of carbonyl (C=O) groups excluding carboxylic acids is 2. The van der Waals surface area contributed by atoms with E-state index in [9.17, 15) is 18.4 Å². The van der Waals surface area contributed by atoms with E-state index in [4.69, 9.17) is 0 Å². The molecule has 0 aliphatic heterocycles. The van der Waals surface area contributed by atoms with Crippen LogP contribution in [0.25, 0.3) is 0 Å². The minimum absolute atomic E-state index is 0.0939. The van der Waals surface area contributed by atoms with Crippen molar-refractivity contribution in [1.29, 1.82) is 0 Å². The van der Waals surface area contributed by atoms with Gasteiger partial charge in [-0.3, -0.25) is 14.6 Å². The minimum Gasteiger partial charge on any atom is -0.348 e. The average Bonchev–Trinajstić information content (AvgIpc) is 2.65. The molecule has 2 N–H and O–H groups in total. The molecule has 1 fully saturated rings. The number of nitrogens with one attached hydrogen (secondary N) is 2. The molecule has 26 heavy (non-hydrogen) atoms. The third-order valence-electron chi connectivity index (χ3n) is 4.40. The molecule has 1 aromatic carbocycles. The zero-order valence-electron chi connectivity index (χ0n) is 14.1. The Morgan fingerprint density at radius 2 is 1.69 bits per heavy atom. The summed E-state index contributed by atoms with van der Waals surface area (Å²) in [5, 5.41) is 5.11. The van der Waals surface area contributed by atoms with E-state index in [1.807, 2.05) is 0 Å². The maximum atomic E-state index is 13.7. The van der Waals surface area contributed by atoms with Crippen molar-refractivity contribution in [2.24, 2.45) is 0 Å². The van der Waals surface area contributed by atoms with Crippen LogP contribution >= 0.6 is 0 Å². The van der Waals surface area contributed by atoms with E-state index in [2.05, 4.69) is 15.6 Å². The van der Waals surface area contributed by atoms with Crippen LogP contribution < -0.4 is 10.6 Å². The lowest BCUT2D eigenvalue weighted by atomic mass is 9.95. The number of hydrogen-bond acceptors (Lipinski definition) is 3. The van der Waals surface area contributed by atoms with Crippen LogP contribution in [-0.4, -0.2) is 22.8 Å². The SMILES string of the molecule is O=C(Nc1c(F)cccc1F)c1ccnc(C(=O)NC2CCCCC2)c1. The summed E-state index contributed by atoms with van der Waals surface area (Å²) >= 11 is 0. The van der Waals surface area contributed by atoms with Gasteiger partial charge in [-0.15, -0.1) is 0 Å². The second-order valence-electron chi connectivity index (χ2n) is 6.29. The molecular formula is C19H19F2N3O2. The number of hydrogen-bond donors (Lipinski definition) is 2. The van der Waals surface area contributed by atoms with Gasteiger partial charge in [0.15, 0.2) is 0 Å². The quantitative estimate of drug-likeness (QED) is 0.875. The molecule has 136 valence electrons. The normalized spacial score (nSPS) is 14.7. The smallest absolute Gasteiger partial charge is 0.270 e. The molecule has 0 radical (unpaired) electrons. The summed E-state index contributed by atoms with van der Waals surface area (Å²) in [5.74, 6) is -2.82. The molecule has 0 bridgehead atoms. The van der Waals surface area contributed by atoms with Gasteiger partial charge in [0.25, 0.3) is 11.8 Å². The van der Waals surface area contributed by atoms with Crippen LogP contribution in [0.5, 0.6) is 0 Å². The number of anilines is 1. The van der Waals surface area contributed by atoms with Crippen molar-refractivity contribution in [1.82, 2.24) is 10.3 Å². The molecule has 1 heterocycles. The Labute approximate surface area is 149 Å². The molecule has 0 saturated heterocycles. The van der Waals surface area contributed by atoms with E-state index in [0.29, 0.717) is 0 Å². The topological polar surface area (TPSA) is 71.1 Å². The number of benzene rings is 1. The number of rotatable bonds is 4. The Balaban J connectivity index is 1.72. The first kappa shape index (κ1) is 18.0. The predicted molar refractivity (Wildman–Crippen MR) is 92.9 cm³/mol. The fraction of sp³-hybridized carbons (Fsp3) is 0.316. The summed E-state index contributed by atoms with van der Waals surface area (Å²) < 4.78 is 27.3. The third-order valence-corrected chi connectivity index (χ3v) is 4.40. The first-order valence-corrected chi connectivity index (χ1v) is 8.57. The van der Waals surface area contributed by atoms with Gasteiger partial charge in [-0.2, -0.15) is 0 Å². The van der Waals surface area contributed by atoms with E-state index >= 15 is 0 Å². The van der Waals surface area contributed by atoms with E-state index < -0.39 is 23.2 Å². The highest BCUT2D eigenvalue weighted by Gasteiger charge is 2.19. The van der Waals surface area contributed by atoms with Gasteiger partial charge in [0.05, 0.1) is 0 Å². The average molecular weight is 359 g/mol. The standard InChI is InChI=1S/C19H19F2N3O2/c20-14-7-4-8-15(21)17(14)24-18(25)12-9-10-22-16(11-12)19(26)23-13-5-2-1-3-6-13/h4,7-11,13H,1-3,5-6H2,(H,23,26)(H,24,25). The minimum atomic E-state index is -0.873. The third kappa shape index (κ3) is 4.22. The van der Waals surface area contributed by atoms with Crippen molar-refractivity contribution in [2.45, 2.75) is 38.1 Å². The fourth-order valence-electron chi connectivity index (χ4n) is 3.01. The largest absolute Gasteiger partial charge is 0.348 e. The molecule has 7 heteroatoms. The Morgan fingerprint density at radius 1 is 1.00 bits per heavy atom. The molecular weight excluding hydrogens is 340 g/mol. The number of halogens is 2. The highest BCUT2D eigenvalue weighted by molar-refractivity contribution is 6.05. The Bertz CT molecular complexity index is 800. The molecule has 2 amide bonds. The van der Waals surface area contributed by atoms with Crippen LogP contribution in [0.4, 0.5) is 14.5 Å². The Morgan fingerprint density at radius 3 is 2.38 bits per heavy atom. The molecule has 0 atom stereocenters. The van der Waals surface area contributed by atoms with Crippen molar-refractivity contribution in [2.75, 3.05) is 5.32 Å². The molecule has 0 unspecified atom stereocenters. The molecule has 1 aromatic heterocycles. The van der Waals surface area contributed by atoms with Crippen LogP contribution in [0.3, 0.4) is 0 Å². The molecule has 1 aliphatic carbocycles. The fourth-order valence-corrected chi connectivity index (χ4v) is 3.01. The van der Waals surface area contributed by atoms with Gasteiger partial charge < -0.3 is 10.6 Å². The summed E-state index contributed by atoms with van der Waals surface area (Å²) in [7, 11) is 0. The number of pyridine rings is 1. The summed E-state index contributed by atoms with van der Waals surface area (Å²) in [6.45, 7) is 0. The van der Waals surface area contributed by atoms with Gasteiger partial charge in [-0.05, 0) is 37.1 Å². The van der Waals surface area contributed by atoms with Crippen molar-refractivity contribution in [3.05, 3.63) is 59.4 Å². The number of nitrogens with zero attached hydrogens (tertiary/aromatic N) is 1. The van der Waals surface area contributed by atoms with Gasteiger partial charge in [0.2, 0.25) is 0 Å². The number of carbonyl (C=O) groups is 2. The monoisotopic (exact) mass is 359 g/mol. The van der Waals surface area contributed by atoms with E-state index in [1.54, 1.807) is 0 Å². The molecule has 3 rings (SSSR count). The Kier molecular flexibility index (Phi) is 5.55.